The Kier molecular flexibility index (Phi) is 3.88. The average Bonchev–Trinajstić information content (AvgIpc) is 2.63. The summed E-state index contributed by atoms with van der Waals surface area (Å²) in [4.78, 5) is 36.0. The standard InChI is InChI=1S/C17H15N5O4/c1-21-14-12(15(23)22(2)17(21)26)11(10(7-18)13(19)20-14)8-3-5-9(6-4-8)16(24)25/h3-6,11,20H,19H2,1-2H3,(H,24,25). The minimum Gasteiger partial charge on any atom is -0.478 e. The van der Waals surface area contributed by atoms with Crippen molar-refractivity contribution in [3.8, 4) is 6.07 Å². The van der Waals surface area contributed by atoms with Gasteiger partial charge in [0.05, 0.1) is 28.7 Å². The van der Waals surface area contributed by atoms with Crippen LogP contribution in [0.1, 0.15) is 27.4 Å². The molecule has 0 radical (unpaired) electrons. The van der Waals surface area contributed by atoms with E-state index >= 15 is 0 Å². The number of nitriles is 1. The van der Waals surface area contributed by atoms with Gasteiger partial charge >= 0.3 is 11.7 Å². The van der Waals surface area contributed by atoms with Gasteiger partial charge in [0.15, 0.2) is 0 Å². The molecule has 1 aromatic heterocycles. The smallest absolute Gasteiger partial charge is 0.335 e. The Hall–Kier alpha value is -3.80. The fraction of sp³-hybridized carbons (Fsp3) is 0.176. The largest absolute Gasteiger partial charge is 0.478 e. The normalized spacial score (nSPS) is 15.8. The van der Waals surface area contributed by atoms with Crippen molar-refractivity contribution in [2.45, 2.75) is 5.92 Å². The quantitative estimate of drug-likeness (QED) is 0.691. The van der Waals surface area contributed by atoms with E-state index in [2.05, 4.69) is 5.32 Å². The van der Waals surface area contributed by atoms with Crippen molar-refractivity contribution in [2.24, 2.45) is 19.8 Å². The van der Waals surface area contributed by atoms with E-state index in [0.717, 1.165) is 4.57 Å². The van der Waals surface area contributed by atoms with Crippen molar-refractivity contribution < 1.29 is 9.90 Å². The van der Waals surface area contributed by atoms with Gasteiger partial charge in [-0.25, -0.2) is 9.59 Å². The number of aromatic carboxylic acids is 1. The lowest BCUT2D eigenvalue weighted by Crippen LogP contribution is -2.43. The highest BCUT2D eigenvalue weighted by Gasteiger charge is 2.34. The lowest BCUT2D eigenvalue weighted by Gasteiger charge is -2.28. The molecule has 9 heteroatoms. The first-order chi connectivity index (χ1) is 12.3. The van der Waals surface area contributed by atoms with E-state index in [1.54, 1.807) is 0 Å². The Bertz CT molecular complexity index is 1120. The molecule has 0 saturated heterocycles. The summed E-state index contributed by atoms with van der Waals surface area (Å²) in [6.45, 7) is 0. The maximum atomic E-state index is 12.8. The number of aromatic nitrogens is 2. The summed E-state index contributed by atoms with van der Waals surface area (Å²) < 4.78 is 2.20. The van der Waals surface area contributed by atoms with Gasteiger partial charge in [-0.1, -0.05) is 12.1 Å². The third-order valence-corrected chi connectivity index (χ3v) is 4.43. The highest BCUT2D eigenvalue weighted by Crippen LogP contribution is 2.37. The number of carbonyl (C=O) groups is 1. The molecule has 3 rings (SSSR count). The lowest BCUT2D eigenvalue weighted by atomic mass is 9.83. The van der Waals surface area contributed by atoms with E-state index in [0.29, 0.717) is 5.56 Å². The molecule has 2 heterocycles. The van der Waals surface area contributed by atoms with Gasteiger partial charge in [-0.2, -0.15) is 5.26 Å². The number of hydrogen-bond donors (Lipinski definition) is 3. The highest BCUT2D eigenvalue weighted by molar-refractivity contribution is 5.87. The summed E-state index contributed by atoms with van der Waals surface area (Å²) in [5, 5.41) is 21.4. The number of nitrogens with one attached hydrogen (secondary N) is 1. The molecule has 1 aromatic carbocycles. The molecule has 0 spiro atoms. The van der Waals surface area contributed by atoms with E-state index < -0.39 is 23.1 Å². The SMILES string of the molecule is Cn1c2c(c(=O)n(C)c1=O)C(c1ccc(C(=O)O)cc1)C(C#N)=C(N)N2. The van der Waals surface area contributed by atoms with E-state index in [1.807, 2.05) is 6.07 Å². The van der Waals surface area contributed by atoms with Gasteiger partial charge < -0.3 is 16.2 Å². The molecule has 1 aliphatic rings. The van der Waals surface area contributed by atoms with Gasteiger partial charge in [0.2, 0.25) is 0 Å². The predicted octanol–water partition coefficient (Wildman–Crippen LogP) is 0.0335. The van der Waals surface area contributed by atoms with Crippen LogP contribution in [0.15, 0.2) is 45.2 Å². The monoisotopic (exact) mass is 353 g/mol. The van der Waals surface area contributed by atoms with Crippen LogP contribution in [-0.4, -0.2) is 20.2 Å². The van der Waals surface area contributed by atoms with Crippen molar-refractivity contribution >= 4 is 11.8 Å². The fourth-order valence-electron chi connectivity index (χ4n) is 3.05. The van der Waals surface area contributed by atoms with Crippen LogP contribution in [0.4, 0.5) is 5.82 Å². The number of carboxylic acid groups (broad SMARTS) is 1. The van der Waals surface area contributed by atoms with Crippen LogP contribution in [0.25, 0.3) is 0 Å². The Labute approximate surface area is 147 Å². The molecule has 9 nitrogen and oxygen atoms in total. The number of rotatable bonds is 2. The summed E-state index contributed by atoms with van der Waals surface area (Å²) in [6.07, 6.45) is 0. The van der Waals surface area contributed by atoms with Crippen molar-refractivity contribution in [3.63, 3.8) is 0 Å². The first-order valence-corrected chi connectivity index (χ1v) is 7.57. The number of benzene rings is 1. The van der Waals surface area contributed by atoms with E-state index in [1.165, 1.54) is 42.9 Å². The predicted molar refractivity (Wildman–Crippen MR) is 92.6 cm³/mol. The summed E-state index contributed by atoms with van der Waals surface area (Å²) in [7, 11) is 2.84. The van der Waals surface area contributed by atoms with Crippen molar-refractivity contribution in [3.05, 3.63) is 73.2 Å². The number of anilines is 1. The van der Waals surface area contributed by atoms with Crippen LogP contribution >= 0.6 is 0 Å². The molecule has 26 heavy (non-hydrogen) atoms. The first kappa shape index (κ1) is 17.0. The van der Waals surface area contributed by atoms with Gasteiger partial charge in [-0.05, 0) is 17.7 Å². The Morgan fingerprint density at radius 2 is 1.85 bits per heavy atom. The van der Waals surface area contributed by atoms with Crippen LogP contribution in [0.2, 0.25) is 0 Å². The molecule has 0 amide bonds. The highest BCUT2D eigenvalue weighted by atomic mass is 16.4. The molecular formula is C17H15N5O4. The second-order valence-electron chi connectivity index (χ2n) is 5.89. The molecule has 0 aliphatic carbocycles. The van der Waals surface area contributed by atoms with Gasteiger partial charge in [0.25, 0.3) is 5.56 Å². The Balaban J connectivity index is 2.34. The zero-order valence-corrected chi connectivity index (χ0v) is 14.0. The molecular weight excluding hydrogens is 338 g/mol. The zero-order valence-electron chi connectivity index (χ0n) is 14.0. The van der Waals surface area contributed by atoms with Crippen molar-refractivity contribution in [1.29, 1.82) is 5.26 Å². The molecule has 0 bridgehead atoms. The van der Waals surface area contributed by atoms with Crippen LogP contribution in [0, 0.1) is 11.3 Å². The molecule has 1 unspecified atom stereocenters. The van der Waals surface area contributed by atoms with Crippen molar-refractivity contribution in [1.82, 2.24) is 9.13 Å². The summed E-state index contributed by atoms with van der Waals surface area (Å²) in [5.41, 5.74) is 5.78. The molecule has 0 fully saturated rings. The number of fused-ring (bicyclic) bond motifs is 1. The van der Waals surface area contributed by atoms with E-state index in [4.69, 9.17) is 10.8 Å². The van der Waals surface area contributed by atoms with Gasteiger partial charge in [-0.3, -0.25) is 13.9 Å². The number of carboxylic acids is 1. The third-order valence-electron chi connectivity index (χ3n) is 4.43. The van der Waals surface area contributed by atoms with Crippen LogP contribution in [0.5, 0.6) is 0 Å². The number of hydrogen-bond acceptors (Lipinski definition) is 6. The maximum Gasteiger partial charge on any atom is 0.335 e. The molecule has 1 aliphatic heterocycles. The first-order valence-electron chi connectivity index (χ1n) is 7.57. The molecule has 0 saturated carbocycles. The van der Waals surface area contributed by atoms with E-state index in [-0.39, 0.29) is 28.3 Å². The molecule has 1 atom stereocenters. The number of nitrogens with zero attached hydrogens (tertiary/aromatic N) is 3. The maximum absolute atomic E-state index is 12.8. The topological polar surface area (TPSA) is 143 Å². The Morgan fingerprint density at radius 3 is 2.38 bits per heavy atom. The Morgan fingerprint density at radius 1 is 1.23 bits per heavy atom. The fourth-order valence-corrected chi connectivity index (χ4v) is 3.05. The molecule has 2 aromatic rings. The van der Waals surface area contributed by atoms with Gasteiger partial charge in [0, 0.05) is 14.1 Å². The average molecular weight is 353 g/mol. The molecule has 4 N–H and O–H groups in total. The zero-order chi connectivity index (χ0) is 19.2. The summed E-state index contributed by atoms with van der Waals surface area (Å²) in [5.74, 6) is -1.65. The summed E-state index contributed by atoms with van der Waals surface area (Å²) in [6, 6.07) is 7.83. The second-order valence-corrected chi connectivity index (χ2v) is 5.89. The minimum atomic E-state index is -1.09. The van der Waals surface area contributed by atoms with Crippen molar-refractivity contribution in [2.75, 3.05) is 5.32 Å². The molecule has 132 valence electrons. The van der Waals surface area contributed by atoms with Gasteiger partial charge in [-0.15, -0.1) is 0 Å². The second kappa shape index (κ2) is 5.93. The third kappa shape index (κ3) is 2.36. The number of allylic oxidation sites excluding steroid dienone is 1. The number of nitrogens with two attached hydrogens (primary N) is 1. The van der Waals surface area contributed by atoms with E-state index in [9.17, 15) is 19.6 Å². The lowest BCUT2D eigenvalue weighted by molar-refractivity contribution is 0.0697. The summed E-state index contributed by atoms with van der Waals surface area (Å²) >= 11 is 0. The van der Waals surface area contributed by atoms with Crippen LogP contribution in [0.3, 0.4) is 0 Å². The van der Waals surface area contributed by atoms with Gasteiger partial charge in [0.1, 0.15) is 11.6 Å². The van der Waals surface area contributed by atoms with Crippen LogP contribution < -0.4 is 22.3 Å². The minimum absolute atomic E-state index is 0.0376. The van der Waals surface area contributed by atoms with Crippen LogP contribution in [-0.2, 0) is 14.1 Å².